The molecule has 0 aromatic heterocycles. The molecule has 8 heteroatoms. The number of nitrogens with one attached hydrogen (secondary N) is 2. The number of urea groups is 1. The summed E-state index contributed by atoms with van der Waals surface area (Å²) in [4.78, 5) is 27.3. The van der Waals surface area contributed by atoms with Crippen LogP contribution in [0.15, 0.2) is 66.7 Å². The zero-order chi connectivity index (χ0) is 25.3. The predicted molar refractivity (Wildman–Crippen MR) is 138 cm³/mol. The first-order chi connectivity index (χ1) is 17.6. The molecule has 3 atom stereocenters. The molecular formula is C28H35N3O5. The van der Waals surface area contributed by atoms with Crippen molar-refractivity contribution in [3.63, 3.8) is 0 Å². The van der Waals surface area contributed by atoms with Crippen molar-refractivity contribution in [1.29, 1.82) is 0 Å². The molecule has 1 saturated heterocycles. The quantitative estimate of drug-likeness (QED) is 0.490. The van der Waals surface area contributed by atoms with Crippen molar-refractivity contribution in [3.05, 3.63) is 72.3 Å². The minimum atomic E-state index is -0.646. The van der Waals surface area contributed by atoms with E-state index in [1.165, 1.54) is 12.7 Å². The number of likely N-dealkylation sites (tertiary alicyclic amines) is 1. The first-order valence-electron chi connectivity index (χ1n) is 12.5. The standard InChI is InChI=1S/C28H35N3O5/c1-35-25-10-6-5-9-23(25)29-28(34)30-24-12-11-22(36-26(24)19-32)18-27(33)31-15-13-21(14-16-31)17-20-7-3-2-4-8-20/h2-12,21-22,24,26,32H,13-19H2,1H3,(H2,29,30,34)/t22-,24-,26+/m0/s1. The lowest BCUT2D eigenvalue weighted by molar-refractivity contribution is -0.136. The summed E-state index contributed by atoms with van der Waals surface area (Å²) in [5, 5.41) is 15.4. The second kappa shape index (κ2) is 12.6. The van der Waals surface area contributed by atoms with Crippen molar-refractivity contribution in [1.82, 2.24) is 10.2 Å². The summed E-state index contributed by atoms with van der Waals surface area (Å²) in [6.07, 6.45) is 5.75. The van der Waals surface area contributed by atoms with Gasteiger partial charge in [0.1, 0.15) is 11.9 Å². The lowest BCUT2D eigenvalue weighted by atomic mass is 9.90. The third-order valence-electron chi connectivity index (χ3n) is 6.83. The molecule has 3 N–H and O–H groups in total. The number of nitrogens with zero attached hydrogens (tertiary/aromatic N) is 1. The number of anilines is 1. The normalized spacial score (nSPS) is 22.2. The Balaban J connectivity index is 1.25. The van der Waals surface area contributed by atoms with Gasteiger partial charge >= 0.3 is 6.03 Å². The Morgan fingerprint density at radius 3 is 2.50 bits per heavy atom. The van der Waals surface area contributed by atoms with Crippen LogP contribution in [0.2, 0.25) is 0 Å². The van der Waals surface area contributed by atoms with Crippen molar-refractivity contribution in [2.45, 2.75) is 43.9 Å². The molecule has 8 nitrogen and oxygen atoms in total. The van der Waals surface area contributed by atoms with Gasteiger partial charge in [0, 0.05) is 13.1 Å². The molecule has 2 aromatic carbocycles. The van der Waals surface area contributed by atoms with E-state index in [2.05, 4.69) is 34.9 Å². The van der Waals surface area contributed by atoms with Gasteiger partial charge in [0.25, 0.3) is 0 Å². The van der Waals surface area contributed by atoms with E-state index in [9.17, 15) is 14.7 Å². The van der Waals surface area contributed by atoms with Crippen LogP contribution in [0.5, 0.6) is 5.75 Å². The van der Waals surface area contributed by atoms with E-state index >= 15 is 0 Å². The number of carbonyl (C=O) groups is 2. The maximum Gasteiger partial charge on any atom is 0.319 e. The minimum Gasteiger partial charge on any atom is -0.495 e. The summed E-state index contributed by atoms with van der Waals surface area (Å²) < 4.78 is 11.2. The molecule has 4 rings (SSSR count). The number of ether oxygens (including phenoxy) is 2. The Kier molecular flexibility index (Phi) is 8.97. The highest BCUT2D eigenvalue weighted by molar-refractivity contribution is 5.91. The molecule has 2 aliphatic heterocycles. The van der Waals surface area contributed by atoms with Gasteiger partial charge in [0.15, 0.2) is 0 Å². The average Bonchev–Trinajstić information content (AvgIpc) is 2.90. The van der Waals surface area contributed by atoms with Crippen LogP contribution in [0.25, 0.3) is 0 Å². The number of hydrogen-bond donors (Lipinski definition) is 3. The number of amides is 3. The number of methoxy groups -OCH3 is 1. The number of aliphatic hydroxyl groups is 1. The van der Waals surface area contributed by atoms with E-state index in [4.69, 9.17) is 9.47 Å². The maximum atomic E-state index is 12.9. The van der Waals surface area contributed by atoms with Gasteiger partial charge in [-0.15, -0.1) is 0 Å². The van der Waals surface area contributed by atoms with E-state index < -0.39 is 24.3 Å². The monoisotopic (exact) mass is 493 g/mol. The summed E-state index contributed by atoms with van der Waals surface area (Å²) >= 11 is 0. The number of aliphatic hydroxyl groups excluding tert-OH is 1. The Morgan fingerprint density at radius 1 is 1.06 bits per heavy atom. The molecule has 1 fully saturated rings. The van der Waals surface area contributed by atoms with E-state index in [0.717, 1.165) is 32.4 Å². The number of piperidine rings is 1. The molecule has 0 saturated carbocycles. The topological polar surface area (TPSA) is 100 Å². The summed E-state index contributed by atoms with van der Waals surface area (Å²) in [6, 6.07) is 16.6. The van der Waals surface area contributed by atoms with Crippen LogP contribution >= 0.6 is 0 Å². The van der Waals surface area contributed by atoms with Gasteiger partial charge in [-0.05, 0) is 42.9 Å². The molecule has 0 aliphatic carbocycles. The van der Waals surface area contributed by atoms with Crippen LogP contribution in [0.4, 0.5) is 10.5 Å². The maximum absolute atomic E-state index is 12.9. The smallest absolute Gasteiger partial charge is 0.319 e. The molecular weight excluding hydrogens is 458 g/mol. The number of carbonyl (C=O) groups excluding carboxylic acids is 2. The van der Waals surface area contributed by atoms with Crippen LogP contribution in [0, 0.1) is 5.92 Å². The molecule has 36 heavy (non-hydrogen) atoms. The highest BCUT2D eigenvalue weighted by atomic mass is 16.5. The third kappa shape index (κ3) is 6.86. The first kappa shape index (κ1) is 25.7. The Hall–Kier alpha value is -3.36. The van der Waals surface area contributed by atoms with Crippen LogP contribution in [0.3, 0.4) is 0 Å². The van der Waals surface area contributed by atoms with Crippen molar-refractivity contribution in [2.75, 3.05) is 32.1 Å². The number of para-hydroxylation sites is 2. The molecule has 192 valence electrons. The lowest BCUT2D eigenvalue weighted by Gasteiger charge is -2.35. The van der Waals surface area contributed by atoms with Gasteiger partial charge in [-0.25, -0.2) is 4.79 Å². The number of hydrogen-bond acceptors (Lipinski definition) is 5. The van der Waals surface area contributed by atoms with Crippen LogP contribution in [0.1, 0.15) is 24.8 Å². The number of rotatable bonds is 8. The molecule has 0 unspecified atom stereocenters. The second-order valence-corrected chi connectivity index (χ2v) is 9.32. The molecule has 0 spiro atoms. The van der Waals surface area contributed by atoms with Crippen LogP contribution < -0.4 is 15.4 Å². The van der Waals surface area contributed by atoms with Crippen molar-refractivity contribution >= 4 is 17.6 Å². The summed E-state index contributed by atoms with van der Waals surface area (Å²) in [5.41, 5.74) is 1.88. The Labute approximate surface area is 212 Å². The van der Waals surface area contributed by atoms with E-state index in [1.807, 2.05) is 17.0 Å². The SMILES string of the molecule is COc1ccccc1NC(=O)N[C@H]1C=C[C@@H](CC(=O)N2CCC(Cc3ccccc3)CC2)O[C@@H]1CO. The second-order valence-electron chi connectivity index (χ2n) is 9.32. The van der Waals surface area contributed by atoms with Gasteiger partial charge in [-0.3, -0.25) is 4.79 Å². The highest BCUT2D eigenvalue weighted by Crippen LogP contribution is 2.25. The zero-order valence-corrected chi connectivity index (χ0v) is 20.6. The van der Waals surface area contributed by atoms with E-state index in [1.54, 1.807) is 30.4 Å². The third-order valence-corrected chi connectivity index (χ3v) is 6.83. The highest BCUT2D eigenvalue weighted by Gasteiger charge is 2.31. The largest absolute Gasteiger partial charge is 0.495 e. The molecule has 2 aliphatic rings. The lowest BCUT2D eigenvalue weighted by Crippen LogP contribution is -2.50. The number of benzene rings is 2. The summed E-state index contributed by atoms with van der Waals surface area (Å²) in [5.74, 6) is 1.19. The van der Waals surface area contributed by atoms with Crippen LogP contribution in [-0.4, -0.2) is 67.0 Å². The molecule has 0 radical (unpaired) electrons. The van der Waals surface area contributed by atoms with Crippen molar-refractivity contribution in [3.8, 4) is 5.75 Å². The van der Waals surface area contributed by atoms with E-state index in [0.29, 0.717) is 17.4 Å². The van der Waals surface area contributed by atoms with Gasteiger partial charge < -0.3 is 30.1 Å². The van der Waals surface area contributed by atoms with Crippen molar-refractivity contribution < 1.29 is 24.2 Å². The zero-order valence-electron chi connectivity index (χ0n) is 20.6. The Bertz CT molecular complexity index is 1040. The van der Waals surface area contributed by atoms with Crippen molar-refractivity contribution in [2.24, 2.45) is 5.92 Å². The minimum absolute atomic E-state index is 0.0554. The first-order valence-corrected chi connectivity index (χ1v) is 12.5. The fraction of sp³-hybridized carbons (Fsp3) is 0.429. The van der Waals surface area contributed by atoms with Gasteiger partial charge in [0.05, 0.1) is 38.0 Å². The summed E-state index contributed by atoms with van der Waals surface area (Å²) in [7, 11) is 1.53. The van der Waals surface area contributed by atoms with Gasteiger partial charge in [-0.1, -0.05) is 54.6 Å². The van der Waals surface area contributed by atoms with Crippen LogP contribution in [-0.2, 0) is 16.0 Å². The van der Waals surface area contributed by atoms with Gasteiger partial charge in [0.2, 0.25) is 5.91 Å². The molecule has 2 heterocycles. The Morgan fingerprint density at radius 2 is 1.78 bits per heavy atom. The molecule has 3 amide bonds. The predicted octanol–water partition coefficient (Wildman–Crippen LogP) is 3.37. The fourth-order valence-electron chi connectivity index (χ4n) is 4.83. The molecule has 2 aromatic rings. The van der Waals surface area contributed by atoms with Gasteiger partial charge in [-0.2, -0.15) is 0 Å². The average molecular weight is 494 g/mol. The summed E-state index contributed by atoms with van der Waals surface area (Å²) in [6.45, 7) is 1.23. The van der Waals surface area contributed by atoms with E-state index in [-0.39, 0.29) is 18.9 Å². The fourth-order valence-corrected chi connectivity index (χ4v) is 4.83. The molecule has 0 bridgehead atoms.